The van der Waals surface area contributed by atoms with E-state index in [9.17, 15) is 18.6 Å². The SMILES string of the molecule is CCS(=O)c1ccccc1C(=O)OCC(=O)NNC(=O)C1COc2ccccc2O1. The van der Waals surface area contributed by atoms with E-state index in [2.05, 4.69) is 10.9 Å². The summed E-state index contributed by atoms with van der Waals surface area (Å²) in [6.45, 7) is 1.09. The zero-order chi connectivity index (χ0) is 21.5. The maximum atomic E-state index is 12.2. The lowest BCUT2D eigenvalue weighted by Gasteiger charge is -2.25. The van der Waals surface area contributed by atoms with Crippen LogP contribution in [0.25, 0.3) is 0 Å². The zero-order valence-electron chi connectivity index (χ0n) is 16.1. The number of esters is 1. The summed E-state index contributed by atoms with van der Waals surface area (Å²) < 4.78 is 28.0. The van der Waals surface area contributed by atoms with E-state index in [0.717, 1.165) is 0 Å². The number of hydrogen-bond donors (Lipinski definition) is 2. The minimum Gasteiger partial charge on any atom is -0.485 e. The fourth-order valence-electron chi connectivity index (χ4n) is 2.59. The van der Waals surface area contributed by atoms with Gasteiger partial charge in [-0.25, -0.2) is 4.79 Å². The maximum absolute atomic E-state index is 12.2. The molecule has 0 saturated heterocycles. The Hall–Kier alpha value is -3.40. The highest BCUT2D eigenvalue weighted by Crippen LogP contribution is 2.30. The van der Waals surface area contributed by atoms with E-state index < -0.39 is 41.3 Å². The number of amides is 2. The van der Waals surface area contributed by atoms with Crippen LogP contribution < -0.4 is 20.3 Å². The Bertz CT molecular complexity index is 979. The van der Waals surface area contributed by atoms with Crippen molar-refractivity contribution in [1.29, 1.82) is 0 Å². The first-order valence-electron chi connectivity index (χ1n) is 9.11. The molecule has 2 amide bonds. The van der Waals surface area contributed by atoms with E-state index in [1.807, 2.05) is 0 Å². The molecule has 0 aromatic heterocycles. The molecule has 0 saturated carbocycles. The fourth-order valence-corrected chi connectivity index (χ4v) is 3.53. The Morgan fingerprint density at radius 2 is 1.77 bits per heavy atom. The third-order valence-electron chi connectivity index (χ3n) is 4.07. The second kappa shape index (κ2) is 9.88. The Kier molecular flexibility index (Phi) is 7.02. The smallest absolute Gasteiger partial charge is 0.339 e. The topological polar surface area (TPSA) is 120 Å². The fraction of sp³-hybridized carbons (Fsp3) is 0.250. The highest BCUT2D eigenvalue weighted by atomic mass is 32.2. The zero-order valence-corrected chi connectivity index (χ0v) is 16.9. The largest absolute Gasteiger partial charge is 0.485 e. The lowest BCUT2D eigenvalue weighted by atomic mass is 10.2. The van der Waals surface area contributed by atoms with Gasteiger partial charge >= 0.3 is 5.97 Å². The Balaban J connectivity index is 1.47. The molecule has 3 rings (SSSR count). The van der Waals surface area contributed by atoms with Gasteiger partial charge in [-0.15, -0.1) is 0 Å². The third-order valence-corrected chi connectivity index (χ3v) is 5.45. The molecule has 1 heterocycles. The van der Waals surface area contributed by atoms with E-state index in [0.29, 0.717) is 22.1 Å². The summed E-state index contributed by atoms with van der Waals surface area (Å²) in [5, 5.41) is 0. The van der Waals surface area contributed by atoms with Crippen molar-refractivity contribution < 1.29 is 32.8 Å². The van der Waals surface area contributed by atoms with Crippen molar-refractivity contribution in [2.75, 3.05) is 19.0 Å². The van der Waals surface area contributed by atoms with Gasteiger partial charge < -0.3 is 14.2 Å². The predicted octanol–water partition coefficient (Wildman–Crippen LogP) is 0.958. The molecule has 0 radical (unpaired) electrons. The molecule has 9 nitrogen and oxygen atoms in total. The summed E-state index contributed by atoms with van der Waals surface area (Å²) in [4.78, 5) is 36.6. The van der Waals surface area contributed by atoms with Crippen LogP contribution in [0.15, 0.2) is 53.4 Å². The minimum absolute atomic E-state index is 0.0148. The molecule has 1 aliphatic rings. The number of carbonyl (C=O) groups is 3. The van der Waals surface area contributed by atoms with Crippen molar-refractivity contribution >= 4 is 28.6 Å². The maximum Gasteiger partial charge on any atom is 0.339 e. The standard InChI is InChI=1S/C20H20N2O7S/c1-2-30(26)17-10-6-3-7-13(17)20(25)28-12-18(23)21-22-19(24)16-11-27-14-8-4-5-9-15(14)29-16/h3-10,16H,2,11-12H2,1H3,(H,21,23)(H,22,24). The van der Waals surface area contributed by atoms with Gasteiger partial charge in [-0.05, 0) is 24.3 Å². The first-order valence-corrected chi connectivity index (χ1v) is 10.4. The molecule has 0 spiro atoms. The van der Waals surface area contributed by atoms with Gasteiger partial charge in [0.15, 0.2) is 18.1 Å². The van der Waals surface area contributed by atoms with Crippen LogP contribution in [0.1, 0.15) is 17.3 Å². The van der Waals surface area contributed by atoms with Crippen LogP contribution in [0.4, 0.5) is 0 Å². The highest BCUT2D eigenvalue weighted by Gasteiger charge is 2.27. The summed E-state index contributed by atoms with van der Waals surface area (Å²) in [5.74, 6) is -0.854. The van der Waals surface area contributed by atoms with Gasteiger partial charge in [0, 0.05) is 5.75 Å². The quantitative estimate of drug-likeness (QED) is 0.515. The average Bonchev–Trinajstić information content (AvgIpc) is 2.80. The predicted molar refractivity (Wildman–Crippen MR) is 106 cm³/mol. The van der Waals surface area contributed by atoms with Gasteiger partial charge in [-0.2, -0.15) is 0 Å². The first kappa shape index (κ1) is 21.3. The molecular weight excluding hydrogens is 412 g/mol. The summed E-state index contributed by atoms with van der Waals surface area (Å²) in [7, 11) is -1.35. The van der Waals surface area contributed by atoms with Gasteiger partial charge in [0.2, 0.25) is 6.10 Å². The van der Waals surface area contributed by atoms with E-state index >= 15 is 0 Å². The molecule has 2 aromatic rings. The van der Waals surface area contributed by atoms with Crippen molar-refractivity contribution in [1.82, 2.24) is 10.9 Å². The number of ether oxygens (including phenoxy) is 3. The van der Waals surface area contributed by atoms with Crippen LogP contribution in [0.3, 0.4) is 0 Å². The van der Waals surface area contributed by atoms with Crippen LogP contribution in [-0.2, 0) is 25.1 Å². The lowest BCUT2D eigenvalue weighted by Crippen LogP contribution is -2.51. The molecule has 2 aromatic carbocycles. The molecule has 0 aliphatic carbocycles. The van der Waals surface area contributed by atoms with Crippen LogP contribution >= 0.6 is 0 Å². The van der Waals surface area contributed by atoms with Crippen molar-refractivity contribution in [2.24, 2.45) is 0 Å². The Morgan fingerprint density at radius 1 is 1.07 bits per heavy atom. The van der Waals surface area contributed by atoms with Gasteiger partial charge in [0.05, 0.1) is 21.3 Å². The van der Waals surface area contributed by atoms with E-state index in [4.69, 9.17) is 14.2 Å². The second-order valence-corrected chi connectivity index (χ2v) is 7.82. The number of para-hydroxylation sites is 2. The van der Waals surface area contributed by atoms with Crippen LogP contribution in [0, 0.1) is 0 Å². The molecule has 158 valence electrons. The van der Waals surface area contributed by atoms with E-state index in [1.165, 1.54) is 6.07 Å². The monoisotopic (exact) mass is 432 g/mol. The lowest BCUT2D eigenvalue weighted by molar-refractivity contribution is -0.135. The van der Waals surface area contributed by atoms with E-state index in [1.54, 1.807) is 49.4 Å². The van der Waals surface area contributed by atoms with Crippen LogP contribution in [0.2, 0.25) is 0 Å². The summed E-state index contributed by atoms with van der Waals surface area (Å²) >= 11 is 0. The first-order chi connectivity index (χ1) is 14.5. The summed E-state index contributed by atoms with van der Waals surface area (Å²) in [6, 6.07) is 13.2. The van der Waals surface area contributed by atoms with Gasteiger partial charge in [-0.3, -0.25) is 24.6 Å². The highest BCUT2D eigenvalue weighted by molar-refractivity contribution is 7.85. The summed E-state index contributed by atoms with van der Waals surface area (Å²) in [6.07, 6.45) is -0.946. The molecule has 1 aliphatic heterocycles. The van der Waals surface area contributed by atoms with Gasteiger partial charge in [0.1, 0.15) is 6.61 Å². The molecule has 10 heteroatoms. The number of nitrogens with one attached hydrogen (secondary N) is 2. The number of fused-ring (bicyclic) bond motifs is 1. The van der Waals surface area contributed by atoms with Crippen molar-refractivity contribution in [3.05, 3.63) is 54.1 Å². The number of hydrazine groups is 1. The molecule has 2 unspecified atom stereocenters. The molecular formula is C20H20N2O7S. The number of carbonyl (C=O) groups excluding carboxylic acids is 3. The van der Waals surface area contributed by atoms with Crippen molar-refractivity contribution in [3.63, 3.8) is 0 Å². The normalized spacial score (nSPS) is 15.6. The van der Waals surface area contributed by atoms with Crippen molar-refractivity contribution in [3.8, 4) is 11.5 Å². The molecule has 0 fully saturated rings. The number of rotatable bonds is 6. The molecule has 30 heavy (non-hydrogen) atoms. The van der Waals surface area contributed by atoms with Crippen LogP contribution in [0.5, 0.6) is 11.5 Å². The number of hydrogen-bond acceptors (Lipinski definition) is 7. The van der Waals surface area contributed by atoms with E-state index in [-0.39, 0.29) is 12.2 Å². The molecule has 0 bridgehead atoms. The third kappa shape index (κ3) is 5.15. The van der Waals surface area contributed by atoms with Crippen molar-refractivity contribution in [2.45, 2.75) is 17.9 Å². The average molecular weight is 432 g/mol. The second-order valence-electron chi connectivity index (χ2n) is 6.11. The minimum atomic E-state index is -1.35. The number of benzene rings is 2. The Morgan fingerprint density at radius 3 is 2.53 bits per heavy atom. The van der Waals surface area contributed by atoms with Crippen LogP contribution in [-0.4, -0.2) is 47.1 Å². The van der Waals surface area contributed by atoms with Gasteiger partial charge in [-0.1, -0.05) is 31.2 Å². The molecule has 2 N–H and O–H groups in total. The summed E-state index contributed by atoms with van der Waals surface area (Å²) in [5.41, 5.74) is 4.48. The van der Waals surface area contributed by atoms with Gasteiger partial charge in [0.25, 0.3) is 11.8 Å². The Labute approximate surface area is 175 Å². The molecule has 2 atom stereocenters.